The molecule has 2 heterocycles. The molecule has 0 fully saturated rings. The van der Waals surface area contributed by atoms with Crippen molar-refractivity contribution in [1.82, 2.24) is 9.97 Å². The van der Waals surface area contributed by atoms with E-state index in [9.17, 15) is 0 Å². The highest BCUT2D eigenvalue weighted by Gasteiger charge is 2.46. The number of aromatic nitrogens is 2. The van der Waals surface area contributed by atoms with E-state index in [0.717, 1.165) is 28.1 Å². The Balaban J connectivity index is 1.35. The third-order valence-corrected chi connectivity index (χ3v) is 8.67. The van der Waals surface area contributed by atoms with Gasteiger partial charge in [-0.05, 0) is 69.3 Å². The van der Waals surface area contributed by atoms with Crippen molar-refractivity contribution in [1.29, 1.82) is 0 Å². The van der Waals surface area contributed by atoms with Crippen LogP contribution < -0.4 is 0 Å². The van der Waals surface area contributed by atoms with E-state index in [1.807, 2.05) is 30.6 Å². The molecule has 0 bridgehead atoms. The molecule has 0 spiro atoms. The van der Waals surface area contributed by atoms with Crippen molar-refractivity contribution >= 4 is 0 Å². The molecule has 0 atom stereocenters. The standard InChI is InChI=1S/C41H28N2/c1-2-12-29(13-3-1)32-23-24-40(43-28-32)31-15-11-17-34(27-31)41(33-16-10-14-30(26-33)39-22-8-9-25-42-39)37-20-6-4-18-35(37)36-19-5-7-21-38(36)41/h1-28H. The van der Waals surface area contributed by atoms with Crippen molar-refractivity contribution in [3.8, 4) is 44.8 Å². The largest absolute Gasteiger partial charge is 0.256 e. The maximum atomic E-state index is 4.92. The molecule has 2 aromatic heterocycles. The van der Waals surface area contributed by atoms with Gasteiger partial charge in [0.05, 0.1) is 16.8 Å². The molecule has 7 aromatic rings. The molecule has 0 amide bonds. The summed E-state index contributed by atoms with van der Waals surface area (Å²) in [4.78, 5) is 9.60. The zero-order chi connectivity index (χ0) is 28.6. The van der Waals surface area contributed by atoms with Gasteiger partial charge in [-0.3, -0.25) is 9.97 Å². The predicted molar refractivity (Wildman–Crippen MR) is 176 cm³/mol. The number of hydrogen-bond donors (Lipinski definition) is 0. The van der Waals surface area contributed by atoms with Crippen molar-refractivity contribution in [2.75, 3.05) is 0 Å². The Bertz CT molecular complexity index is 2020. The van der Waals surface area contributed by atoms with Crippen LogP contribution in [0, 0.1) is 0 Å². The van der Waals surface area contributed by atoms with Crippen LogP contribution in [0.1, 0.15) is 22.3 Å². The van der Waals surface area contributed by atoms with Gasteiger partial charge in [0, 0.05) is 29.1 Å². The molecule has 0 radical (unpaired) electrons. The summed E-state index contributed by atoms with van der Waals surface area (Å²) < 4.78 is 0. The van der Waals surface area contributed by atoms with Crippen LogP contribution in [-0.4, -0.2) is 9.97 Å². The molecule has 5 aromatic carbocycles. The molecule has 0 saturated heterocycles. The molecule has 1 aliphatic carbocycles. The minimum atomic E-state index is -0.502. The fourth-order valence-electron chi connectivity index (χ4n) is 6.75. The van der Waals surface area contributed by atoms with E-state index in [0.29, 0.717) is 0 Å². The van der Waals surface area contributed by atoms with Crippen LogP contribution in [0.15, 0.2) is 170 Å². The first-order chi connectivity index (χ1) is 21.3. The van der Waals surface area contributed by atoms with Gasteiger partial charge in [0.25, 0.3) is 0 Å². The highest BCUT2D eigenvalue weighted by molar-refractivity contribution is 5.87. The first-order valence-corrected chi connectivity index (χ1v) is 14.7. The topological polar surface area (TPSA) is 25.8 Å². The van der Waals surface area contributed by atoms with Crippen molar-refractivity contribution < 1.29 is 0 Å². The van der Waals surface area contributed by atoms with E-state index in [1.54, 1.807) is 0 Å². The van der Waals surface area contributed by atoms with Gasteiger partial charge in [-0.25, -0.2) is 0 Å². The fourth-order valence-corrected chi connectivity index (χ4v) is 6.75. The summed E-state index contributed by atoms with van der Waals surface area (Å²) in [6.45, 7) is 0. The van der Waals surface area contributed by atoms with Crippen LogP contribution in [-0.2, 0) is 5.41 Å². The van der Waals surface area contributed by atoms with Gasteiger partial charge in [0.2, 0.25) is 0 Å². The summed E-state index contributed by atoms with van der Waals surface area (Å²) in [5.74, 6) is 0. The Hall–Kier alpha value is -5.60. The Morgan fingerprint density at radius 1 is 0.372 bits per heavy atom. The predicted octanol–water partition coefficient (Wildman–Crippen LogP) is 9.84. The molecule has 43 heavy (non-hydrogen) atoms. The Labute approximate surface area is 252 Å². The van der Waals surface area contributed by atoms with Gasteiger partial charge < -0.3 is 0 Å². The second-order valence-electron chi connectivity index (χ2n) is 11.0. The second kappa shape index (κ2) is 10.3. The van der Waals surface area contributed by atoms with Crippen LogP contribution in [0.4, 0.5) is 0 Å². The third kappa shape index (κ3) is 4.11. The minimum absolute atomic E-state index is 0.502. The van der Waals surface area contributed by atoms with Crippen LogP contribution in [0.5, 0.6) is 0 Å². The SMILES string of the molecule is c1ccc(-c2ccc(-c3cccc(C4(c5cccc(-c6ccccn6)c5)c5ccccc5-c5ccccc54)c3)nc2)cc1. The summed E-state index contributed by atoms with van der Waals surface area (Å²) in [6, 6.07) is 56.3. The second-order valence-corrected chi connectivity index (χ2v) is 11.0. The van der Waals surface area contributed by atoms with Crippen LogP contribution in [0.25, 0.3) is 44.8 Å². The molecule has 2 heteroatoms. The lowest BCUT2D eigenvalue weighted by Gasteiger charge is -2.34. The first kappa shape index (κ1) is 25.1. The molecule has 202 valence electrons. The van der Waals surface area contributed by atoms with E-state index >= 15 is 0 Å². The smallest absolute Gasteiger partial charge is 0.0714 e. The van der Waals surface area contributed by atoms with Crippen LogP contribution in [0.2, 0.25) is 0 Å². The molecule has 0 unspecified atom stereocenters. The van der Waals surface area contributed by atoms with Gasteiger partial charge >= 0.3 is 0 Å². The lowest BCUT2D eigenvalue weighted by Crippen LogP contribution is -2.28. The summed E-state index contributed by atoms with van der Waals surface area (Å²) in [6.07, 6.45) is 3.83. The van der Waals surface area contributed by atoms with Crippen LogP contribution >= 0.6 is 0 Å². The lowest BCUT2D eigenvalue weighted by molar-refractivity contribution is 0.769. The third-order valence-electron chi connectivity index (χ3n) is 8.67. The average molecular weight is 549 g/mol. The van der Waals surface area contributed by atoms with Crippen molar-refractivity contribution in [3.63, 3.8) is 0 Å². The number of rotatable bonds is 5. The lowest BCUT2D eigenvalue weighted by atomic mass is 9.67. The van der Waals surface area contributed by atoms with Crippen molar-refractivity contribution in [2.24, 2.45) is 0 Å². The molecule has 0 aliphatic heterocycles. The van der Waals surface area contributed by atoms with E-state index in [-0.39, 0.29) is 0 Å². The van der Waals surface area contributed by atoms with E-state index in [2.05, 4.69) is 145 Å². The molecular formula is C41H28N2. The monoisotopic (exact) mass is 548 g/mol. The first-order valence-electron chi connectivity index (χ1n) is 14.7. The summed E-state index contributed by atoms with van der Waals surface area (Å²) in [5.41, 5.74) is 13.5. The summed E-state index contributed by atoms with van der Waals surface area (Å²) >= 11 is 0. The Kier molecular flexibility index (Phi) is 6.05. The minimum Gasteiger partial charge on any atom is -0.256 e. The van der Waals surface area contributed by atoms with E-state index < -0.39 is 5.41 Å². The van der Waals surface area contributed by atoms with Gasteiger partial charge in [0.15, 0.2) is 0 Å². The van der Waals surface area contributed by atoms with Gasteiger partial charge in [-0.15, -0.1) is 0 Å². The van der Waals surface area contributed by atoms with Gasteiger partial charge in [-0.1, -0.05) is 127 Å². The van der Waals surface area contributed by atoms with Crippen molar-refractivity contribution in [3.05, 3.63) is 192 Å². The fraction of sp³-hybridized carbons (Fsp3) is 0.0244. The number of nitrogens with zero attached hydrogens (tertiary/aromatic N) is 2. The molecule has 1 aliphatic rings. The van der Waals surface area contributed by atoms with Gasteiger partial charge in [-0.2, -0.15) is 0 Å². The number of pyridine rings is 2. The molecule has 2 nitrogen and oxygen atoms in total. The number of benzene rings is 5. The van der Waals surface area contributed by atoms with Crippen molar-refractivity contribution in [2.45, 2.75) is 5.41 Å². The van der Waals surface area contributed by atoms with E-state index in [4.69, 9.17) is 4.98 Å². The van der Waals surface area contributed by atoms with Gasteiger partial charge in [0.1, 0.15) is 0 Å². The van der Waals surface area contributed by atoms with Crippen LogP contribution in [0.3, 0.4) is 0 Å². The summed E-state index contributed by atoms with van der Waals surface area (Å²) in [7, 11) is 0. The van der Waals surface area contributed by atoms with E-state index in [1.165, 1.54) is 38.9 Å². The number of fused-ring (bicyclic) bond motifs is 3. The highest BCUT2D eigenvalue weighted by Crippen LogP contribution is 2.56. The zero-order valence-electron chi connectivity index (χ0n) is 23.6. The maximum absolute atomic E-state index is 4.92. The quantitative estimate of drug-likeness (QED) is 0.214. The normalized spacial score (nSPS) is 12.8. The highest BCUT2D eigenvalue weighted by atomic mass is 14.7. The average Bonchev–Trinajstić information content (AvgIpc) is 3.40. The maximum Gasteiger partial charge on any atom is 0.0714 e. The Morgan fingerprint density at radius 2 is 0.930 bits per heavy atom. The molecule has 0 N–H and O–H groups in total. The molecule has 8 rings (SSSR count). The zero-order valence-corrected chi connectivity index (χ0v) is 23.6. The number of hydrogen-bond acceptors (Lipinski definition) is 2. The molecule has 0 saturated carbocycles. The summed E-state index contributed by atoms with van der Waals surface area (Å²) in [5, 5.41) is 0. The molecular weight excluding hydrogens is 520 g/mol. The Morgan fingerprint density at radius 3 is 1.51 bits per heavy atom.